The Bertz CT molecular complexity index is 1290. The van der Waals surface area contributed by atoms with Crippen LogP contribution in [0.5, 0.6) is 11.5 Å². The molecule has 0 saturated heterocycles. The van der Waals surface area contributed by atoms with E-state index in [1.54, 1.807) is 24.3 Å². The molecule has 4 amide bonds. The summed E-state index contributed by atoms with van der Waals surface area (Å²) < 4.78 is 0. The van der Waals surface area contributed by atoms with Crippen molar-refractivity contribution in [2.24, 2.45) is 22.2 Å². The fourth-order valence-corrected chi connectivity index (χ4v) is 4.13. The largest absolute Gasteiger partial charge is 0.508 e. The molecule has 3 rings (SSSR count). The highest BCUT2D eigenvalue weighted by molar-refractivity contribution is 5.92. The number of guanidine groups is 1. The summed E-state index contributed by atoms with van der Waals surface area (Å²) in [4.78, 5) is 41.8. The van der Waals surface area contributed by atoms with Crippen molar-refractivity contribution in [2.75, 3.05) is 6.54 Å². The van der Waals surface area contributed by atoms with Crippen LogP contribution >= 0.6 is 0 Å². The zero-order chi connectivity index (χ0) is 29.8. The van der Waals surface area contributed by atoms with E-state index in [2.05, 4.69) is 20.9 Å². The smallest absolute Gasteiger partial charge is 0.312 e. The van der Waals surface area contributed by atoms with Crippen molar-refractivity contribution in [3.63, 3.8) is 0 Å². The van der Waals surface area contributed by atoms with Gasteiger partial charge in [0.05, 0.1) is 5.92 Å². The molecule has 11 N–H and O–H groups in total. The number of nitrogens with one attached hydrogen (secondary N) is 3. The molecular weight excluding hydrogens is 526 g/mol. The molecule has 0 heterocycles. The highest BCUT2D eigenvalue weighted by Gasteiger charge is 2.28. The van der Waals surface area contributed by atoms with Gasteiger partial charge in [0.2, 0.25) is 11.8 Å². The van der Waals surface area contributed by atoms with Crippen LogP contribution in [-0.4, -0.2) is 46.6 Å². The van der Waals surface area contributed by atoms with Crippen molar-refractivity contribution in [1.29, 1.82) is 0 Å². The lowest BCUT2D eigenvalue weighted by Crippen LogP contribution is -2.48. The molecule has 12 heteroatoms. The summed E-state index contributed by atoms with van der Waals surface area (Å²) in [7, 11) is 0. The number of rotatable bonds is 13. The predicted octanol–water partition coefficient (Wildman–Crippen LogP) is 1.25. The van der Waals surface area contributed by atoms with Gasteiger partial charge in [0.1, 0.15) is 17.5 Å². The topological polar surface area (TPSA) is 218 Å². The zero-order valence-corrected chi connectivity index (χ0v) is 22.4. The minimum atomic E-state index is -0.896. The van der Waals surface area contributed by atoms with Crippen molar-refractivity contribution in [1.82, 2.24) is 16.0 Å². The first-order valence-corrected chi connectivity index (χ1v) is 12.9. The zero-order valence-electron chi connectivity index (χ0n) is 22.4. The number of nitrogens with zero attached hydrogens (tertiary/aromatic N) is 1. The molecule has 0 aromatic heterocycles. The average molecular weight is 562 g/mol. The number of phenols is 2. The van der Waals surface area contributed by atoms with E-state index < -0.39 is 29.8 Å². The van der Waals surface area contributed by atoms with Crippen LogP contribution in [0.25, 0.3) is 0 Å². The Morgan fingerprint density at radius 1 is 0.707 bits per heavy atom. The highest BCUT2D eigenvalue weighted by Crippen LogP contribution is 2.28. The van der Waals surface area contributed by atoms with E-state index in [1.165, 1.54) is 24.3 Å². The van der Waals surface area contributed by atoms with E-state index in [1.807, 2.05) is 24.3 Å². The predicted molar refractivity (Wildman–Crippen MR) is 155 cm³/mol. The third kappa shape index (κ3) is 9.77. The van der Waals surface area contributed by atoms with Gasteiger partial charge in [-0.2, -0.15) is 0 Å². The Hall–Kier alpha value is -5.26. The first kappa shape index (κ1) is 30.3. The Kier molecular flexibility index (Phi) is 10.9. The number of aliphatic imine (C=N–C) groups is 1. The molecule has 216 valence electrons. The molecule has 0 saturated carbocycles. The minimum absolute atomic E-state index is 0.0489. The van der Waals surface area contributed by atoms with Crippen molar-refractivity contribution in [2.45, 2.75) is 37.9 Å². The van der Waals surface area contributed by atoms with Crippen LogP contribution in [0.3, 0.4) is 0 Å². The maximum atomic E-state index is 13.7. The summed E-state index contributed by atoms with van der Waals surface area (Å²) in [5.41, 5.74) is 18.8. The van der Waals surface area contributed by atoms with Crippen LogP contribution in [0, 0.1) is 0 Å². The van der Waals surface area contributed by atoms with Crippen molar-refractivity contribution in [3.05, 3.63) is 95.1 Å². The Morgan fingerprint density at radius 3 is 1.66 bits per heavy atom. The van der Waals surface area contributed by atoms with Crippen molar-refractivity contribution in [3.8, 4) is 11.5 Å². The molecule has 0 bridgehead atoms. The first-order valence-electron chi connectivity index (χ1n) is 12.9. The number of urea groups is 1. The number of carbonyl (C=O) groups is 3. The fraction of sp³-hybridized carbons (Fsp3) is 0.241. The van der Waals surface area contributed by atoms with E-state index in [-0.39, 0.29) is 43.5 Å². The van der Waals surface area contributed by atoms with Crippen molar-refractivity contribution < 1.29 is 24.6 Å². The Labute approximate surface area is 237 Å². The molecule has 0 fully saturated rings. The van der Waals surface area contributed by atoms with E-state index in [4.69, 9.17) is 17.2 Å². The van der Waals surface area contributed by atoms with Crippen LogP contribution in [-0.2, 0) is 22.7 Å². The molecule has 3 aromatic rings. The number of carbonyl (C=O) groups excluding carboxylic acids is 3. The van der Waals surface area contributed by atoms with Gasteiger partial charge in [0.15, 0.2) is 5.96 Å². The second-order valence-corrected chi connectivity index (χ2v) is 9.38. The molecule has 1 atom stereocenters. The van der Waals surface area contributed by atoms with E-state index >= 15 is 0 Å². The summed E-state index contributed by atoms with van der Waals surface area (Å²) in [5, 5.41) is 27.7. The second kappa shape index (κ2) is 14.8. The molecule has 0 aliphatic rings. The molecule has 0 aliphatic carbocycles. The van der Waals surface area contributed by atoms with Gasteiger partial charge in [-0.1, -0.05) is 48.5 Å². The molecule has 0 spiro atoms. The van der Waals surface area contributed by atoms with Crippen LogP contribution in [0.4, 0.5) is 4.79 Å². The second-order valence-electron chi connectivity index (χ2n) is 9.38. The third-order valence-corrected chi connectivity index (χ3v) is 6.25. The lowest BCUT2D eigenvalue weighted by molar-refractivity contribution is -0.129. The van der Waals surface area contributed by atoms with Gasteiger partial charge >= 0.3 is 6.03 Å². The lowest BCUT2D eigenvalue weighted by atomic mass is 9.90. The van der Waals surface area contributed by atoms with Crippen LogP contribution in [0.2, 0.25) is 0 Å². The first-order chi connectivity index (χ1) is 19.6. The van der Waals surface area contributed by atoms with Gasteiger partial charge in [-0.3, -0.25) is 14.6 Å². The summed E-state index contributed by atoms with van der Waals surface area (Å²) in [6.07, 6.45) is 0.699. The number of nitrogens with two attached hydrogens (primary N) is 3. The van der Waals surface area contributed by atoms with E-state index in [0.717, 1.165) is 11.1 Å². The summed E-state index contributed by atoms with van der Waals surface area (Å²) in [6, 6.07) is 18.2. The summed E-state index contributed by atoms with van der Waals surface area (Å²) in [5.74, 6) is -1.61. The summed E-state index contributed by atoms with van der Waals surface area (Å²) >= 11 is 0. The Balaban J connectivity index is 1.76. The Morgan fingerprint density at radius 2 is 1.20 bits per heavy atom. The van der Waals surface area contributed by atoms with Gasteiger partial charge in [-0.15, -0.1) is 0 Å². The van der Waals surface area contributed by atoms with Crippen LogP contribution < -0.4 is 33.2 Å². The van der Waals surface area contributed by atoms with Crippen LogP contribution in [0.15, 0.2) is 77.8 Å². The third-order valence-electron chi connectivity index (χ3n) is 6.25. The highest BCUT2D eigenvalue weighted by atomic mass is 16.3. The van der Waals surface area contributed by atoms with Gasteiger partial charge in [-0.25, -0.2) is 4.79 Å². The molecular formula is C29H35N7O5. The number of hydrogen-bond acceptors (Lipinski definition) is 6. The molecule has 12 nitrogen and oxygen atoms in total. The quantitative estimate of drug-likeness (QED) is 0.0866. The number of phenolic OH excluding ortho intramolecular Hbond substituents is 2. The molecule has 1 unspecified atom stereocenters. The summed E-state index contributed by atoms with van der Waals surface area (Å²) in [6.45, 7) is 0.777. The average Bonchev–Trinajstić information content (AvgIpc) is 2.94. The van der Waals surface area contributed by atoms with E-state index in [9.17, 15) is 24.6 Å². The van der Waals surface area contributed by atoms with Crippen molar-refractivity contribution >= 4 is 23.8 Å². The van der Waals surface area contributed by atoms with Gasteiger partial charge in [0.25, 0.3) is 0 Å². The number of primary amides is 1. The van der Waals surface area contributed by atoms with E-state index in [0.29, 0.717) is 17.5 Å². The maximum Gasteiger partial charge on any atom is 0.312 e. The number of amides is 4. The minimum Gasteiger partial charge on any atom is -0.508 e. The molecule has 41 heavy (non-hydrogen) atoms. The molecule has 3 aromatic carbocycles. The molecule has 0 aliphatic heterocycles. The monoisotopic (exact) mass is 561 g/mol. The molecule has 0 radical (unpaired) electrons. The van der Waals surface area contributed by atoms with Gasteiger partial charge in [0, 0.05) is 19.6 Å². The van der Waals surface area contributed by atoms with Gasteiger partial charge < -0.3 is 43.4 Å². The number of aromatic hydroxyl groups is 2. The van der Waals surface area contributed by atoms with Gasteiger partial charge in [-0.05, 0) is 59.4 Å². The maximum absolute atomic E-state index is 13.7. The number of hydrogen-bond donors (Lipinski definition) is 8. The normalized spacial score (nSPS) is 11.3. The van der Waals surface area contributed by atoms with Crippen LogP contribution in [0.1, 0.15) is 41.0 Å². The lowest BCUT2D eigenvalue weighted by Gasteiger charge is -2.23. The standard InChI is InChI=1S/C29H35N7O5/c30-28(31)33-15-1-2-24(26(39)34-16-18-3-5-19(6-4-18)17-35-29(32)41)36-27(40)25(20-7-11-22(37)12-8-20)21-9-13-23(38)14-10-21/h3-14,24-25,37-38H,1-2,15-17H2,(H,34,39)(H,36,40)(H4,30,31,33)(H3,32,35,41). The number of benzene rings is 3. The SMILES string of the molecule is NC(=O)NCc1ccc(CNC(=O)C(CCCN=C(N)N)NC(=O)C(c2ccc(O)cc2)c2ccc(O)cc2)cc1. The fourth-order valence-electron chi connectivity index (χ4n) is 4.13.